The monoisotopic (exact) mass is 249 g/mol. The summed E-state index contributed by atoms with van der Waals surface area (Å²) in [4.78, 5) is 0. The molecule has 1 aliphatic heterocycles. The van der Waals surface area contributed by atoms with Crippen molar-refractivity contribution in [3.63, 3.8) is 0 Å². The molecule has 1 unspecified atom stereocenters. The van der Waals surface area contributed by atoms with E-state index in [1.165, 1.54) is 25.9 Å². The Labute approximate surface area is 75.4 Å². The van der Waals surface area contributed by atoms with Crippen molar-refractivity contribution in [1.29, 1.82) is 0 Å². The van der Waals surface area contributed by atoms with Crippen molar-refractivity contribution < 1.29 is 26.6 Å². The molecule has 0 spiro atoms. The molecule has 1 rings (SSSR count). The number of rotatable bonds is 0. The molecule has 1 heterocycles. The van der Waals surface area contributed by atoms with Gasteiger partial charge in [0.25, 0.3) is 0 Å². The van der Waals surface area contributed by atoms with Crippen LogP contribution in [0.1, 0.15) is 14.3 Å². The van der Waals surface area contributed by atoms with Gasteiger partial charge in [-0.2, -0.15) is 0 Å². The molecule has 13 heavy (non-hydrogen) atoms. The van der Waals surface area contributed by atoms with Gasteiger partial charge in [0.2, 0.25) is 0 Å². The molecule has 0 bridgehead atoms. The third-order valence-electron chi connectivity index (χ3n) is 1.14. The van der Waals surface area contributed by atoms with E-state index >= 15 is 0 Å². The quantitative estimate of drug-likeness (QED) is 0.455. The first-order valence-corrected chi connectivity index (χ1v) is 5.95. The minimum atomic E-state index is -10.7. The molecule has 9 heteroatoms. The van der Waals surface area contributed by atoms with Crippen LogP contribution in [0.15, 0.2) is 0 Å². The summed E-state index contributed by atoms with van der Waals surface area (Å²) in [6, 6.07) is 0. The van der Waals surface area contributed by atoms with E-state index in [0.717, 1.165) is 0 Å². The Balaban J connectivity index is 0. The summed E-state index contributed by atoms with van der Waals surface area (Å²) in [6.07, 6.45) is 2.78. The van der Waals surface area contributed by atoms with Crippen molar-refractivity contribution in [1.82, 2.24) is 4.67 Å². The predicted molar refractivity (Wildman–Crippen MR) is 45.2 cm³/mol. The fourth-order valence-electron chi connectivity index (χ4n) is 0.742. The van der Waals surface area contributed by atoms with Crippen molar-refractivity contribution in [3.8, 4) is 0 Å². The Kier molecular flexibility index (Phi) is 3.31. The van der Waals surface area contributed by atoms with E-state index in [2.05, 4.69) is 14.1 Å². The molecular weight excluding hydrogens is 238 g/mol. The molecule has 84 valence electrons. The van der Waals surface area contributed by atoms with Crippen LogP contribution in [0.4, 0.5) is 25.2 Å². The van der Waals surface area contributed by atoms with Gasteiger partial charge in [0.05, 0.1) is 0 Å². The molecule has 1 saturated heterocycles. The molecule has 1 atom stereocenters. The molecule has 0 aliphatic carbocycles. The fourth-order valence-corrected chi connectivity index (χ4v) is 1.11. The van der Waals surface area contributed by atoms with Crippen molar-refractivity contribution in [3.05, 3.63) is 0 Å². The van der Waals surface area contributed by atoms with Gasteiger partial charge in [-0.3, -0.25) is 4.67 Å². The summed E-state index contributed by atoms with van der Waals surface area (Å²) >= 11 is 0. The Morgan fingerprint density at radius 1 is 0.923 bits per heavy atom. The zero-order valence-electron chi connectivity index (χ0n) is 7.57. The van der Waals surface area contributed by atoms with E-state index in [0.29, 0.717) is 0 Å². The predicted octanol–water partition coefficient (Wildman–Crippen LogP) is 4.37. The van der Waals surface area contributed by atoms with Crippen LogP contribution in [0.3, 0.4) is 0 Å². The molecular formula is C4H11F6NP2. The number of nitrogens with zero attached hydrogens (tertiary/aromatic N) is 1. The maximum absolute atomic E-state index is 10.7. The molecule has 0 radical (unpaired) electrons. The zero-order valence-corrected chi connectivity index (χ0v) is 8.62. The normalized spacial score (nSPS) is 24.2. The van der Waals surface area contributed by atoms with Gasteiger partial charge in [-0.05, 0) is 12.8 Å². The summed E-state index contributed by atoms with van der Waals surface area (Å²) in [5.74, 6) is 0. The van der Waals surface area contributed by atoms with Gasteiger partial charge < -0.3 is 0 Å². The molecule has 0 amide bonds. The summed E-state index contributed by atoms with van der Waals surface area (Å²) in [7, 11) is -7.95. The largest absolute Gasteiger partial charge is 1.00 e. The maximum Gasteiger partial charge on any atom is 1.00 e. The van der Waals surface area contributed by atoms with Crippen LogP contribution in [-0.4, -0.2) is 17.8 Å². The zero-order chi connectivity index (χ0) is 10.8. The summed E-state index contributed by atoms with van der Waals surface area (Å²) < 4.78 is 61.5. The van der Waals surface area contributed by atoms with E-state index in [4.69, 9.17) is 0 Å². The average molecular weight is 249 g/mol. The minimum Gasteiger partial charge on any atom is -0.287 e. The van der Waals surface area contributed by atoms with E-state index in [1.807, 2.05) is 0 Å². The van der Waals surface area contributed by atoms with Crippen molar-refractivity contribution in [2.75, 3.05) is 13.1 Å². The fraction of sp³-hybridized carbons (Fsp3) is 1.00. The van der Waals surface area contributed by atoms with Gasteiger partial charge >= 0.3 is 34.4 Å². The molecule has 1 aliphatic rings. The first kappa shape index (κ1) is 13.4. The molecule has 0 N–H and O–H groups in total. The first-order chi connectivity index (χ1) is 5.34. The topological polar surface area (TPSA) is 3.24 Å². The SMILES string of the molecule is F[P-](F)(F)(F)(F)F.PN1CCCC1.[H+]. The van der Waals surface area contributed by atoms with Crippen LogP contribution in [0.5, 0.6) is 0 Å². The van der Waals surface area contributed by atoms with Gasteiger partial charge in [0.1, 0.15) is 0 Å². The van der Waals surface area contributed by atoms with Crippen molar-refractivity contribution in [2.45, 2.75) is 12.8 Å². The molecule has 0 aromatic carbocycles. The van der Waals surface area contributed by atoms with Crippen LogP contribution in [0, 0.1) is 0 Å². The maximum atomic E-state index is 9.87. The van der Waals surface area contributed by atoms with Gasteiger partial charge in [-0.15, -0.1) is 0 Å². The standard InChI is InChI=1S/C4H10NP.F6P/c6-5-3-1-2-4-5;1-7(2,3,4,5)6/h1-4,6H2;/q;-1/p+1. The third kappa shape index (κ3) is 24.5. The van der Waals surface area contributed by atoms with Gasteiger partial charge in [0, 0.05) is 13.1 Å². The van der Waals surface area contributed by atoms with E-state index < -0.39 is 7.81 Å². The molecule has 0 saturated carbocycles. The minimum absolute atomic E-state index is 0. The summed E-state index contributed by atoms with van der Waals surface area (Å²) in [5.41, 5.74) is 0. The second-order valence-corrected chi connectivity index (χ2v) is 5.35. The molecule has 0 aromatic heterocycles. The molecule has 0 aromatic rings. The molecule has 1 nitrogen and oxygen atoms in total. The van der Waals surface area contributed by atoms with Gasteiger partial charge in [-0.25, -0.2) is 0 Å². The Bertz CT molecular complexity index is 159. The average Bonchev–Trinajstić information content (AvgIpc) is 2.07. The van der Waals surface area contributed by atoms with Crippen LogP contribution >= 0.6 is 17.2 Å². The summed E-state index contributed by atoms with van der Waals surface area (Å²) in [5, 5.41) is 0. The van der Waals surface area contributed by atoms with Crippen molar-refractivity contribution in [2.24, 2.45) is 0 Å². The van der Waals surface area contributed by atoms with E-state index in [1.54, 1.807) is 0 Å². The van der Waals surface area contributed by atoms with Crippen LogP contribution in [0.2, 0.25) is 0 Å². The van der Waals surface area contributed by atoms with Gasteiger partial charge in [0.15, 0.2) is 0 Å². The van der Waals surface area contributed by atoms with Crippen molar-refractivity contribution >= 4 is 17.2 Å². The third-order valence-corrected chi connectivity index (χ3v) is 1.66. The van der Waals surface area contributed by atoms with E-state index in [-0.39, 0.29) is 1.43 Å². The smallest absolute Gasteiger partial charge is 0.287 e. The van der Waals surface area contributed by atoms with Crippen LogP contribution < -0.4 is 0 Å². The Hall–Kier alpha value is 0.400. The second-order valence-electron chi connectivity index (χ2n) is 2.70. The summed E-state index contributed by atoms with van der Waals surface area (Å²) in [6.45, 7) is 2.56. The van der Waals surface area contributed by atoms with Crippen LogP contribution in [-0.2, 0) is 0 Å². The number of hydrogen-bond donors (Lipinski definition) is 0. The second kappa shape index (κ2) is 3.21. The van der Waals surface area contributed by atoms with E-state index in [9.17, 15) is 25.2 Å². The molecule has 1 fully saturated rings. The number of hydrogen-bond acceptors (Lipinski definition) is 1. The Morgan fingerprint density at radius 3 is 1.23 bits per heavy atom. The first-order valence-electron chi connectivity index (χ1n) is 3.40. The Morgan fingerprint density at radius 2 is 1.15 bits per heavy atom. The van der Waals surface area contributed by atoms with Crippen LogP contribution in [0.25, 0.3) is 0 Å². The number of halogens is 6. The van der Waals surface area contributed by atoms with Gasteiger partial charge in [-0.1, -0.05) is 9.39 Å².